The minimum Gasteiger partial charge on any atom is -0.462 e. The number of aromatic nitrogens is 2. The molecule has 1 aliphatic rings. The number of ether oxygens (including phenoxy) is 3. The molecule has 0 bridgehead atoms. The first-order chi connectivity index (χ1) is 17.0. The lowest BCUT2D eigenvalue weighted by Gasteiger charge is -2.36. The van der Waals surface area contributed by atoms with Crippen molar-refractivity contribution in [3.63, 3.8) is 0 Å². The van der Waals surface area contributed by atoms with E-state index in [1.165, 1.54) is 17.7 Å². The SMILES string of the molecule is Cc1cn([C@H]2O[C@@H](COP(=O)(N[C@@H](C)C(=O)OC(C)C)Oc3ccccc3)OCC2C)c(=O)[nH]c1=O. The molecular formula is C23H32N3O9P. The number of benzene rings is 1. The van der Waals surface area contributed by atoms with Gasteiger partial charge < -0.3 is 18.7 Å². The van der Waals surface area contributed by atoms with Gasteiger partial charge in [-0.1, -0.05) is 25.1 Å². The van der Waals surface area contributed by atoms with Crippen LogP contribution in [-0.2, 0) is 28.1 Å². The molecule has 1 saturated heterocycles. The highest BCUT2D eigenvalue weighted by molar-refractivity contribution is 7.52. The molecule has 1 aromatic carbocycles. The van der Waals surface area contributed by atoms with Crippen LogP contribution >= 0.6 is 7.75 Å². The van der Waals surface area contributed by atoms with Gasteiger partial charge in [0, 0.05) is 17.7 Å². The Labute approximate surface area is 208 Å². The van der Waals surface area contributed by atoms with E-state index in [4.69, 9.17) is 23.3 Å². The molecule has 0 saturated carbocycles. The predicted molar refractivity (Wildman–Crippen MR) is 130 cm³/mol. The average Bonchev–Trinajstić information content (AvgIpc) is 2.81. The number of esters is 1. The summed E-state index contributed by atoms with van der Waals surface area (Å²) in [6.07, 6.45) is -0.728. The van der Waals surface area contributed by atoms with Crippen LogP contribution in [-0.4, -0.2) is 47.2 Å². The van der Waals surface area contributed by atoms with E-state index >= 15 is 0 Å². The van der Waals surface area contributed by atoms with E-state index in [0.717, 1.165) is 0 Å². The monoisotopic (exact) mass is 525 g/mol. The minimum absolute atomic E-state index is 0.206. The lowest BCUT2D eigenvalue weighted by molar-refractivity contribution is -0.265. The largest absolute Gasteiger partial charge is 0.462 e. The molecule has 0 amide bonds. The summed E-state index contributed by atoms with van der Waals surface area (Å²) in [4.78, 5) is 38.6. The van der Waals surface area contributed by atoms with Gasteiger partial charge in [0.25, 0.3) is 5.56 Å². The van der Waals surface area contributed by atoms with E-state index in [1.807, 2.05) is 6.92 Å². The predicted octanol–water partition coefficient (Wildman–Crippen LogP) is 2.49. The van der Waals surface area contributed by atoms with Crippen molar-refractivity contribution in [2.24, 2.45) is 5.92 Å². The lowest BCUT2D eigenvalue weighted by atomic mass is 10.1. The molecule has 2 N–H and O–H groups in total. The molecule has 1 aliphatic heterocycles. The first kappa shape index (κ1) is 27.8. The Morgan fingerprint density at radius 2 is 1.94 bits per heavy atom. The molecule has 12 nitrogen and oxygen atoms in total. The summed E-state index contributed by atoms with van der Waals surface area (Å²) in [6, 6.07) is 7.32. The number of nitrogens with one attached hydrogen (secondary N) is 2. The number of rotatable bonds is 10. The zero-order valence-corrected chi connectivity index (χ0v) is 21.7. The van der Waals surface area contributed by atoms with Gasteiger partial charge in [-0.3, -0.25) is 23.7 Å². The van der Waals surface area contributed by atoms with Gasteiger partial charge in [-0.15, -0.1) is 0 Å². The van der Waals surface area contributed by atoms with Crippen molar-refractivity contribution in [1.29, 1.82) is 0 Å². The van der Waals surface area contributed by atoms with Gasteiger partial charge in [0.05, 0.1) is 12.7 Å². The Morgan fingerprint density at radius 1 is 1.25 bits per heavy atom. The van der Waals surface area contributed by atoms with E-state index in [9.17, 15) is 18.9 Å². The second-order valence-electron chi connectivity index (χ2n) is 8.78. The molecular weight excluding hydrogens is 493 g/mol. The fraction of sp³-hybridized carbons (Fsp3) is 0.522. The van der Waals surface area contributed by atoms with Crippen LogP contribution in [0.2, 0.25) is 0 Å². The number of carbonyl (C=O) groups excluding carboxylic acids is 1. The van der Waals surface area contributed by atoms with Gasteiger partial charge in [0.2, 0.25) is 0 Å². The molecule has 2 aromatic rings. The second-order valence-corrected chi connectivity index (χ2v) is 10.5. The number of aryl methyl sites for hydroxylation is 1. The van der Waals surface area contributed by atoms with Crippen molar-refractivity contribution in [2.75, 3.05) is 13.2 Å². The van der Waals surface area contributed by atoms with E-state index in [2.05, 4.69) is 10.1 Å². The summed E-state index contributed by atoms with van der Waals surface area (Å²) in [7, 11) is -4.12. The fourth-order valence-electron chi connectivity index (χ4n) is 3.37. The molecule has 0 aliphatic carbocycles. The summed E-state index contributed by atoms with van der Waals surface area (Å²) in [5, 5.41) is 2.59. The van der Waals surface area contributed by atoms with E-state index in [1.54, 1.807) is 51.1 Å². The summed E-state index contributed by atoms with van der Waals surface area (Å²) < 4.78 is 42.8. The number of aromatic amines is 1. The van der Waals surface area contributed by atoms with Gasteiger partial charge >= 0.3 is 19.4 Å². The average molecular weight is 525 g/mol. The molecule has 0 radical (unpaired) electrons. The van der Waals surface area contributed by atoms with E-state index in [-0.39, 0.29) is 31.0 Å². The van der Waals surface area contributed by atoms with Crippen molar-refractivity contribution in [1.82, 2.24) is 14.6 Å². The van der Waals surface area contributed by atoms with Crippen LogP contribution < -0.4 is 20.9 Å². The third-order valence-electron chi connectivity index (χ3n) is 5.15. The van der Waals surface area contributed by atoms with Crippen molar-refractivity contribution < 1.29 is 32.6 Å². The Morgan fingerprint density at radius 3 is 2.61 bits per heavy atom. The van der Waals surface area contributed by atoms with Gasteiger partial charge in [-0.25, -0.2) is 9.36 Å². The molecule has 13 heteroatoms. The Hall–Kier alpha value is -2.76. The first-order valence-corrected chi connectivity index (χ1v) is 13.1. The van der Waals surface area contributed by atoms with Crippen LogP contribution in [0.5, 0.6) is 5.75 Å². The van der Waals surface area contributed by atoms with Crippen LogP contribution in [0.1, 0.15) is 39.5 Å². The third kappa shape index (κ3) is 7.37. The van der Waals surface area contributed by atoms with Gasteiger partial charge in [-0.05, 0) is 39.8 Å². The molecule has 3 rings (SSSR count). The Bertz CT molecular complexity index is 1200. The maximum atomic E-state index is 13.6. The number of hydrogen-bond acceptors (Lipinski definition) is 9. The van der Waals surface area contributed by atoms with Crippen LogP contribution in [0.4, 0.5) is 0 Å². The lowest BCUT2D eigenvalue weighted by Crippen LogP contribution is -2.44. The summed E-state index contributed by atoms with van der Waals surface area (Å²) in [5.41, 5.74) is -0.760. The highest BCUT2D eigenvalue weighted by atomic mass is 31.2. The number of H-pyrrole nitrogens is 1. The first-order valence-electron chi connectivity index (χ1n) is 11.5. The number of carbonyl (C=O) groups is 1. The van der Waals surface area contributed by atoms with Crippen LogP contribution in [0, 0.1) is 12.8 Å². The smallest absolute Gasteiger partial charge is 0.459 e. The van der Waals surface area contributed by atoms with Crippen molar-refractivity contribution in [2.45, 2.75) is 59.3 Å². The molecule has 36 heavy (non-hydrogen) atoms. The molecule has 198 valence electrons. The maximum Gasteiger partial charge on any atom is 0.459 e. The standard InChI is InChI=1S/C23H32N3O9P/c1-14(2)33-22(28)17(5)25-36(30,35-18-9-7-6-8-10-18)32-13-19-31-12-16(4)21(34-19)26-11-15(3)20(27)24-23(26)29/h6-11,14,16-17,19,21H,12-13H2,1-5H3,(H,25,30)(H,24,27,29)/t16?,17-,19-,21-,36?/m0/s1. The minimum atomic E-state index is -4.12. The molecule has 2 unspecified atom stereocenters. The number of nitrogens with zero attached hydrogens (tertiary/aromatic N) is 1. The Kier molecular flexibility index (Phi) is 9.26. The second kappa shape index (κ2) is 12.0. The highest BCUT2D eigenvalue weighted by Gasteiger charge is 2.37. The highest BCUT2D eigenvalue weighted by Crippen LogP contribution is 2.45. The quantitative estimate of drug-likeness (QED) is 0.350. The number of hydrogen-bond donors (Lipinski definition) is 2. The third-order valence-corrected chi connectivity index (χ3v) is 6.79. The molecule has 5 atom stereocenters. The van der Waals surface area contributed by atoms with Gasteiger partial charge in [-0.2, -0.15) is 5.09 Å². The van der Waals surface area contributed by atoms with Crippen molar-refractivity contribution in [3.05, 3.63) is 62.9 Å². The fourth-order valence-corrected chi connectivity index (χ4v) is 4.84. The molecule has 2 heterocycles. The van der Waals surface area contributed by atoms with Gasteiger partial charge in [0.15, 0.2) is 6.29 Å². The molecule has 1 fully saturated rings. The van der Waals surface area contributed by atoms with E-state index < -0.39 is 43.5 Å². The summed E-state index contributed by atoms with van der Waals surface area (Å²) in [6.45, 7) is 8.14. The normalized spacial score (nSPS) is 22.6. The molecule has 0 spiro atoms. The van der Waals surface area contributed by atoms with Gasteiger partial charge in [0.1, 0.15) is 24.6 Å². The zero-order valence-electron chi connectivity index (χ0n) is 20.8. The van der Waals surface area contributed by atoms with Crippen LogP contribution in [0.3, 0.4) is 0 Å². The van der Waals surface area contributed by atoms with Crippen LogP contribution in [0.25, 0.3) is 0 Å². The summed E-state index contributed by atoms with van der Waals surface area (Å²) >= 11 is 0. The number of para-hydroxylation sites is 1. The topological polar surface area (TPSA) is 147 Å². The maximum absolute atomic E-state index is 13.6. The molecule has 1 aromatic heterocycles. The zero-order chi connectivity index (χ0) is 26.5. The van der Waals surface area contributed by atoms with E-state index in [0.29, 0.717) is 5.56 Å². The van der Waals surface area contributed by atoms with Crippen molar-refractivity contribution >= 4 is 13.7 Å². The Balaban J connectivity index is 1.75. The van der Waals surface area contributed by atoms with Crippen molar-refractivity contribution in [3.8, 4) is 5.75 Å². The van der Waals surface area contributed by atoms with Crippen LogP contribution in [0.15, 0.2) is 46.1 Å². The summed E-state index contributed by atoms with van der Waals surface area (Å²) in [5.74, 6) is -0.608.